The van der Waals surface area contributed by atoms with Gasteiger partial charge in [-0.1, -0.05) is 18.2 Å². The lowest BCUT2D eigenvalue weighted by molar-refractivity contribution is -0.129. The average molecular weight is 441 g/mol. The summed E-state index contributed by atoms with van der Waals surface area (Å²) in [5.41, 5.74) is 0.946. The first-order valence-electron chi connectivity index (χ1n) is 10.8. The zero-order valence-corrected chi connectivity index (χ0v) is 18.7. The molecule has 7 heteroatoms. The molecule has 31 heavy (non-hydrogen) atoms. The van der Waals surface area contributed by atoms with E-state index in [1.54, 1.807) is 17.0 Å². The van der Waals surface area contributed by atoms with Gasteiger partial charge in [-0.15, -0.1) is 11.3 Å². The van der Waals surface area contributed by atoms with E-state index in [4.69, 9.17) is 4.74 Å². The van der Waals surface area contributed by atoms with Crippen LogP contribution in [0.1, 0.15) is 48.0 Å². The number of ketones is 1. The number of rotatable bonds is 8. The van der Waals surface area contributed by atoms with Gasteiger partial charge in [-0.05, 0) is 68.9 Å². The number of benzene rings is 1. The molecule has 1 amide bonds. The van der Waals surface area contributed by atoms with E-state index in [0.717, 1.165) is 30.9 Å². The monoisotopic (exact) mass is 440 g/mol. The summed E-state index contributed by atoms with van der Waals surface area (Å²) >= 11 is 1.31. The predicted molar refractivity (Wildman–Crippen MR) is 121 cm³/mol. The van der Waals surface area contributed by atoms with Crippen LogP contribution in [0.3, 0.4) is 0 Å². The molecule has 2 aliphatic heterocycles. The summed E-state index contributed by atoms with van der Waals surface area (Å²) in [6.45, 7) is 7.15. The normalized spacial score (nSPS) is 19.6. The Hall–Kier alpha value is -2.64. The quantitative estimate of drug-likeness (QED) is 0.623. The number of likely N-dealkylation sites (tertiary alicyclic amines) is 1. The third kappa shape index (κ3) is 4.52. The molecule has 1 atom stereocenters. The maximum atomic E-state index is 13.2. The van der Waals surface area contributed by atoms with Crippen molar-refractivity contribution in [2.75, 3.05) is 26.2 Å². The van der Waals surface area contributed by atoms with Crippen molar-refractivity contribution in [2.45, 2.75) is 38.8 Å². The molecule has 1 aromatic carbocycles. The van der Waals surface area contributed by atoms with Crippen LogP contribution in [0.2, 0.25) is 0 Å². The van der Waals surface area contributed by atoms with Crippen LogP contribution < -0.4 is 4.74 Å². The zero-order chi connectivity index (χ0) is 22.0. The summed E-state index contributed by atoms with van der Waals surface area (Å²) < 4.78 is 5.74. The number of amides is 1. The van der Waals surface area contributed by atoms with E-state index >= 15 is 0 Å². The molecule has 1 aromatic heterocycles. The number of carbonyl (C=O) groups is 2. The first-order valence-corrected chi connectivity index (χ1v) is 11.6. The van der Waals surface area contributed by atoms with Gasteiger partial charge in [0, 0.05) is 13.1 Å². The lowest BCUT2D eigenvalue weighted by Crippen LogP contribution is -2.37. The lowest BCUT2D eigenvalue weighted by Gasteiger charge is -2.28. The molecule has 1 fully saturated rings. The maximum absolute atomic E-state index is 13.2. The number of ether oxygens (including phenoxy) is 1. The van der Waals surface area contributed by atoms with Crippen molar-refractivity contribution in [3.8, 4) is 5.75 Å². The molecule has 0 bridgehead atoms. The van der Waals surface area contributed by atoms with Crippen molar-refractivity contribution in [2.24, 2.45) is 0 Å². The lowest BCUT2D eigenvalue weighted by atomic mass is 9.95. The van der Waals surface area contributed by atoms with E-state index < -0.39 is 17.7 Å². The Balaban J connectivity index is 1.66. The molecule has 1 saturated heterocycles. The standard InChI is InChI=1S/C24H28N2O4S/c1-16(2)30-18-9-7-17(8-10-18)21-20(22(27)19-6-5-15-31-19)23(28)24(29)26(21)14-13-25-11-3-4-12-25/h5-10,15-16,21,28H,3-4,11-14H2,1-2H3. The molecular formula is C24H28N2O4S. The van der Waals surface area contributed by atoms with Gasteiger partial charge in [0.25, 0.3) is 5.91 Å². The molecular weight excluding hydrogens is 412 g/mol. The fourth-order valence-corrected chi connectivity index (χ4v) is 4.94. The van der Waals surface area contributed by atoms with E-state index in [-0.39, 0.29) is 17.5 Å². The van der Waals surface area contributed by atoms with Crippen LogP contribution in [0.4, 0.5) is 0 Å². The second kappa shape index (κ2) is 9.24. The largest absolute Gasteiger partial charge is 0.503 e. The fraction of sp³-hybridized carbons (Fsp3) is 0.417. The van der Waals surface area contributed by atoms with Gasteiger partial charge in [0.15, 0.2) is 5.76 Å². The number of hydrogen-bond acceptors (Lipinski definition) is 6. The topological polar surface area (TPSA) is 70.1 Å². The van der Waals surface area contributed by atoms with E-state index in [9.17, 15) is 14.7 Å². The number of thiophene rings is 1. The Morgan fingerprint density at radius 3 is 2.48 bits per heavy atom. The third-order valence-corrected chi connectivity index (χ3v) is 6.59. The minimum absolute atomic E-state index is 0.0516. The molecule has 1 unspecified atom stereocenters. The second-order valence-electron chi connectivity index (χ2n) is 8.25. The van der Waals surface area contributed by atoms with Crippen molar-refractivity contribution >= 4 is 23.0 Å². The van der Waals surface area contributed by atoms with Gasteiger partial charge in [-0.25, -0.2) is 0 Å². The van der Waals surface area contributed by atoms with Crippen LogP contribution in [-0.4, -0.2) is 58.9 Å². The molecule has 0 radical (unpaired) electrons. The fourth-order valence-electron chi connectivity index (χ4n) is 4.26. The van der Waals surface area contributed by atoms with E-state index in [2.05, 4.69) is 4.90 Å². The minimum atomic E-state index is -0.613. The first kappa shape index (κ1) is 21.6. The van der Waals surface area contributed by atoms with Crippen LogP contribution in [0, 0.1) is 0 Å². The smallest absolute Gasteiger partial charge is 0.290 e. The highest BCUT2D eigenvalue weighted by Crippen LogP contribution is 2.40. The van der Waals surface area contributed by atoms with E-state index in [1.807, 2.05) is 43.5 Å². The van der Waals surface area contributed by atoms with Gasteiger partial charge in [0.05, 0.1) is 22.6 Å². The molecule has 1 N–H and O–H groups in total. The van der Waals surface area contributed by atoms with Crippen molar-refractivity contribution in [1.29, 1.82) is 0 Å². The zero-order valence-electron chi connectivity index (χ0n) is 17.9. The van der Waals surface area contributed by atoms with Gasteiger partial charge in [0.2, 0.25) is 5.78 Å². The SMILES string of the molecule is CC(C)Oc1ccc(C2C(C(=O)c3cccs3)=C(O)C(=O)N2CCN2CCCC2)cc1. The van der Waals surface area contributed by atoms with Gasteiger partial charge in [0.1, 0.15) is 5.75 Å². The molecule has 164 valence electrons. The van der Waals surface area contributed by atoms with Gasteiger partial charge in [-0.2, -0.15) is 0 Å². The number of Topliss-reactive ketones (excluding diaryl/α,β-unsaturated/α-hetero) is 1. The van der Waals surface area contributed by atoms with Crippen LogP contribution in [0.15, 0.2) is 53.1 Å². The van der Waals surface area contributed by atoms with Crippen LogP contribution in [0.5, 0.6) is 5.75 Å². The predicted octanol–water partition coefficient (Wildman–Crippen LogP) is 4.21. The highest BCUT2D eigenvalue weighted by Gasteiger charge is 2.44. The molecule has 6 nitrogen and oxygen atoms in total. The Labute approximate surface area is 186 Å². The molecule has 2 aliphatic rings. The summed E-state index contributed by atoms with van der Waals surface area (Å²) in [5, 5.41) is 12.5. The number of aliphatic hydroxyl groups is 1. The summed E-state index contributed by atoms with van der Waals surface area (Å²) in [4.78, 5) is 30.7. The Bertz CT molecular complexity index is 960. The Morgan fingerprint density at radius 2 is 1.87 bits per heavy atom. The molecule has 2 aromatic rings. The van der Waals surface area contributed by atoms with E-state index in [0.29, 0.717) is 11.4 Å². The van der Waals surface area contributed by atoms with Gasteiger partial charge in [-0.3, -0.25) is 9.59 Å². The average Bonchev–Trinajstić information content (AvgIpc) is 3.50. The van der Waals surface area contributed by atoms with Crippen LogP contribution in [-0.2, 0) is 4.79 Å². The molecule has 0 saturated carbocycles. The van der Waals surface area contributed by atoms with E-state index in [1.165, 1.54) is 24.2 Å². The highest BCUT2D eigenvalue weighted by atomic mass is 32.1. The van der Waals surface area contributed by atoms with Gasteiger partial charge >= 0.3 is 0 Å². The molecule has 4 rings (SSSR count). The third-order valence-electron chi connectivity index (χ3n) is 5.72. The summed E-state index contributed by atoms with van der Waals surface area (Å²) in [5.74, 6) is -0.484. The van der Waals surface area contributed by atoms with Crippen molar-refractivity contribution < 1.29 is 19.4 Å². The highest BCUT2D eigenvalue weighted by molar-refractivity contribution is 7.12. The number of aliphatic hydroxyl groups excluding tert-OH is 1. The second-order valence-corrected chi connectivity index (χ2v) is 9.20. The number of carbonyl (C=O) groups excluding carboxylic acids is 2. The Kier molecular flexibility index (Phi) is 6.43. The van der Waals surface area contributed by atoms with Crippen molar-refractivity contribution in [3.05, 3.63) is 63.6 Å². The summed E-state index contributed by atoms with van der Waals surface area (Å²) in [7, 11) is 0. The molecule has 0 spiro atoms. The van der Waals surface area contributed by atoms with Crippen molar-refractivity contribution in [3.63, 3.8) is 0 Å². The summed E-state index contributed by atoms with van der Waals surface area (Å²) in [6, 6.07) is 10.4. The molecule has 0 aliphatic carbocycles. The van der Waals surface area contributed by atoms with Crippen molar-refractivity contribution in [1.82, 2.24) is 9.80 Å². The van der Waals surface area contributed by atoms with Crippen LogP contribution >= 0.6 is 11.3 Å². The van der Waals surface area contributed by atoms with Gasteiger partial charge < -0.3 is 19.6 Å². The minimum Gasteiger partial charge on any atom is -0.503 e. The number of hydrogen-bond donors (Lipinski definition) is 1. The Morgan fingerprint density at radius 1 is 1.16 bits per heavy atom. The maximum Gasteiger partial charge on any atom is 0.290 e. The van der Waals surface area contributed by atoms with Crippen LogP contribution in [0.25, 0.3) is 0 Å². The molecule has 3 heterocycles. The first-order chi connectivity index (χ1) is 15.0. The number of nitrogens with zero attached hydrogens (tertiary/aromatic N) is 2. The summed E-state index contributed by atoms with van der Waals surface area (Å²) in [6.07, 6.45) is 2.39.